The van der Waals surface area contributed by atoms with Gasteiger partial charge in [0, 0.05) is 13.1 Å². The van der Waals surface area contributed by atoms with E-state index < -0.39 is 18.2 Å². The molecule has 2 atom stereocenters. The Bertz CT molecular complexity index is 1530. The number of nitrogens with two attached hydrogens (primary N) is 1. The number of amides is 4. The van der Waals surface area contributed by atoms with Crippen molar-refractivity contribution in [2.75, 3.05) is 25.1 Å². The van der Waals surface area contributed by atoms with Crippen LogP contribution in [0, 0.1) is 0 Å². The number of carbonyl (C=O) groups excluding carboxylic acids is 3. The molecule has 11 nitrogen and oxygen atoms in total. The molecule has 11 heteroatoms. The molecule has 2 aliphatic rings. The van der Waals surface area contributed by atoms with Gasteiger partial charge >= 0.3 is 6.03 Å². The zero-order valence-corrected chi connectivity index (χ0v) is 23.7. The normalized spacial score (nSPS) is 18.3. The standard InChI is InChI=1S/C32H35N7O4/c1-3-16-37(32(43)34-18-22-10-6-5-7-11-22)38-21-28(41)39-27(38)20-36(19-25-14-8-12-23(4-2)29(25)35-33)31(42)30(39)24-13-9-15-26(40)17-24/h3-15,17,27,30,35,40H,1-2,16,18-21,33H2,(H,34,43)/t27-,30+/m1/s1. The molecule has 3 aromatic carbocycles. The fraction of sp³-hybridized carbons (Fsp3) is 0.219. The largest absolute Gasteiger partial charge is 0.508 e. The number of piperazine rings is 1. The molecule has 43 heavy (non-hydrogen) atoms. The highest BCUT2D eigenvalue weighted by atomic mass is 16.3. The lowest BCUT2D eigenvalue weighted by Crippen LogP contribution is -2.62. The Morgan fingerprint density at radius 1 is 1.07 bits per heavy atom. The number of hydrogen-bond donors (Lipinski definition) is 4. The third kappa shape index (κ3) is 5.94. The number of phenols is 1. The summed E-state index contributed by atoms with van der Waals surface area (Å²) in [5, 5.41) is 16.3. The van der Waals surface area contributed by atoms with Crippen LogP contribution in [-0.4, -0.2) is 68.6 Å². The molecule has 2 saturated heterocycles. The van der Waals surface area contributed by atoms with Gasteiger partial charge in [0.2, 0.25) is 5.91 Å². The summed E-state index contributed by atoms with van der Waals surface area (Å²) in [6, 6.07) is 20.0. The molecule has 4 amide bonds. The van der Waals surface area contributed by atoms with Gasteiger partial charge < -0.3 is 25.6 Å². The molecule has 2 fully saturated rings. The minimum atomic E-state index is -1.02. The van der Waals surface area contributed by atoms with E-state index in [-0.39, 0.29) is 43.7 Å². The van der Waals surface area contributed by atoms with Gasteiger partial charge in [-0.2, -0.15) is 5.01 Å². The topological polar surface area (TPSA) is 134 Å². The second kappa shape index (κ2) is 12.8. The fourth-order valence-corrected chi connectivity index (χ4v) is 5.69. The van der Waals surface area contributed by atoms with Crippen molar-refractivity contribution in [2.24, 2.45) is 5.84 Å². The molecular weight excluding hydrogens is 546 g/mol. The number of nitrogens with one attached hydrogen (secondary N) is 2. The first-order valence-corrected chi connectivity index (χ1v) is 13.9. The van der Waals surface area contributed by atoms with E-state index in [0.29, 0.717) is 17.8 Å². The van der Waals surface area contributed by atoms with Gasteiger partial charge in [-0.15, -0.1) is 6.58 Å². The van der Waals surface area contributed by atoms with Gasteiger partial charge in [-0.3, -0.25) is 20.4 Å². The van der Waals surface area contributed by atoms with Gasteiger partial charge in [0.1, 0.15) is 18.0 Å². The van der Waals surface area contributed by atoms with Gasteiger partial charge in [0.15, 0.2) is 0 Å². The predicted octanol–water partition coefficient (Wildman–Crippen LogP) is 3.19. The maximum absolute atomic E-state index is 14.1. The number of nitrogen functional groups attached to an aromatic ring is 1. The average Bonchev–Trinajstić information content (AvgIpc) is 3.34. The monoisotopic (exact) mass is 581 g/mol. The SMILES string of the molecule is C=CCN(C(=O)NCc1ccccc1)N1CC(=O)N2[C@@H](c3cccc(O)c3)C(=O)N(Cc3cccc(C=C)c3NN)C[C@@H]21. The van der Waals surface area contributed by atoms with Gasteiger partial charge in [-0.1, -0.05) is 79.4 Å². The van der Waals surface area contributed by atoms with Crippen molar-refractivity contribution in [3.05, 3.63) is 114 Å². The zero-order valence-electron chi connectivity index (χ0n) is 23.7. The lowest BCUT2D eigenvalue weighted by Gasteiger charge is -2.46. The summed E-state index contributed by atoms with van der Waals surface area (Å²) in [6.45, 7) is 8.31. The van der Waals surface area contributed by atoms with Gasteiger partial charge in [-0.25, -0.2) is 4.79 Å². The summed E-state index contributed by atoms with van der Waals surface area (Å²) in [6.07, 6.45) is 2.59. The van der Waals surface area contributed by atoms with Crippen LogP contribution in [0.2, 0.25) is 0 Å². The molecule has 0 saturated carbocycles. The number of nitrogens with zero attached hydrogens (tertiary/aromatic N) is 4. The van der Waals surface area contributed by atoms with Crippen LogP contribution in [0.4, 0.5) is 10.5 Å². The van der Waals surface area contributed by atoms with Crippen LogP contribution in [0.1, 0.15) is 28.3 Å². The number of para-hydroxylation sites is 1. The number of benzene rings is 3. The Labute approximate surface area is 250 Å². The molecule has 0 spiro atoms. The maximum atomic E-state index is 14.1. The number of hydrogen-bond acceptors (Lipinski definition) is 7. The number of urea groups is 1. The summed E-state index contributed by atoms with van der Waals surface area (Å²) < 4.78 is 0. The zero-order chi connectivity index (χ0) is 30.5. The highest BCUT2D eigenvalue weighted by Crippen LogP contribution is 2.37. The van der Waals surface area contributed by atoms with Crippen LogP contribution >= 0.6 is 0 Å². The number of carbonyl (C=O) groups is 3. The highest BCUT2D eigenvalue weighted by molar-refractivity contribution is 5.92. The number of aromatic hydroxyl groups is 1. The smallest absolute Gasteiger partial charge is 0.332 e. The molecule has 0 radical (unpaired) electrons. The quantitative estimate of drug-likeness (QED) is 0.164. The summed E-state index contributed by atoms with van der Waals surface area (Å²) in [4.78, 5) is 44.4. The number of hydrazine groups is 2. The second-order valence-corrected chi connectivity index (χ2v) is 10.3. The van der Waals surface area contributed by atoms with E-state index >= 15 is 0 Å². The van der Waals surface area contributed by atoms with Crippen LogP contribution in [0.3, 0.4) is 0 Å². The third-order valence-electron chi connectivity index (χ3n) is 7.69. The van der Waals surface area contributed by atoms with E-state index in [4.69, 9.17) is 5.84 Å². The van der Waals surface area contributed by atoms with E-state index in [2.05, 4.69) is 23.9 Å². The number of anilines is 1. The van der Waals surface area contributed by atoms with Gasteiger partial charge in [0.05, 0.1) is 25.3 Å². The molecule has 0 unspecified atom stereocenters. The molecule has 5 N–H and O–H groups in total. The summed E-state index contributed by atoms with van der Waals surface area (Å²) in [5.41, 5.74) is 6.29. The summed E-state index contributed by atoms with van der Waals surface area (Å²) >= 11 is 0. The highest BCUT2D eigenvalue weighted by Gasteiger charge is 2.52. The molecule has 5 rings (SSSR count). The van der Waals surface area contributed by atoms with Crippen molar-refractivity contribution in [1.82, 2.24) is 25.1 Å². The fourth-order valence-electron chi connectivity index (χ4n) is 5.69. The average molecular weight is 582 g/mol. The Kier molecular flexibility index (Phi) is 8.74. The van der Waals surface area contributed by atoms with Crippen LogP contribution in [0.25, 0.3) is 6.08 Å². The number of fused-ring (bicyclic) bond motifs is 1. The molecular formula is C32H35N7O4. The first kappa shape index (κ1) is 29.4. The molecule has 0 bridgehead atoms. The van der Waals surface area contributed by atoms with E-state index in [1.165, 1.54) is 22.0 Å². The van der Waals surface area contributed by atoms with E-state index in [1.54, 1.807) is 34.2 Å². The van der Waals surface area contributed by atoms with Crippen LogP contribution < -0.4 is 16.6 Å². The summed E-state index contributed by atoms with van der Waals surface area (Å²) in [7, 11) is 0. The lowest BCUT2D eigenvalue weighted by molar-refractivity contribution is -0.158. The van der Waals surface area contributed by atoms with Crippen molar-refractivity contribution in [3.8, 4) is 5.75 Å². The molecule has 0 aliphatic carbocycles. The Balaban J connectivity index is 1.50. The molecule has 222 valence electrons. The second-order valence-electron chi connectivity index (χ2n) is 10.3. The van der Waals surface area contributed by atoms with E-state index in [9.17, 15) is 19.5 Å². The third-order valence-corrected chi connectivity index (χ3v) is 7.69. The van der Waals surface area contributed by atoms with Crippen LogP contribution in [0.15, 0.2) is 92.0 Å². The predicted molar refractivity (Wildman–Crippen MR) is 164 cm³/mol. The van der Waals surface area contributed by atoms with Crippen molar-refractivity contribution in [3.63, 3.8) is 0 Å². The molecule has 2 aliphatic heterocycles. The van der Waals surface area contributed by atoms with Crippen molar-refractivity contribution < 1.29 is 19.5 Å². The van der Waals surface area contributed by atoms with Gasteiger partial charge in [0.25, 0.3) is 5.91 Å². The Hall–Kier alpha value is -5.13. The van der Waals surface area contributed by atoms with Crippen molar-refractivity contribution in [1.29, 1.82) is 0 Å². The number of phenolic OH excluding ortho intramolecular Hbond substituents is 1. The van der Waals surface area contributed by atoms with Crippen LogP contribution in [-0.2, 0) is 22.7 Å². The Morgan fingerprint density at radius 2 is 1.84 bits per heavy atom. The first-order chi connectivity index (χ1) is 20.9. The van der Waals surface area contributed by atoms with Crippen molar-refractivity contribution >= 4 is 29.6 Å². The molecule has 3 aromatic rings. The van der Waals surface area contributed by atoms with Crippen molar-refractivity contribution in [2.45, 2.75) is 25.3 Å². The molecule has 0 aromatic heterocycles. The lowest BCUT2D eigenvalue weighted by atomic mass is 9.99. The summed E-state index contributed by atoms with van der Waals surface area (Å²) in [5.74, 6) is 5.21. The molecule has 2 heterocycles. The van der Waals surface area contributed by atoms with E-state index in [0.717, 1.165) is 16.7 Å². The Morgan fingerprint density at radius 3 is 2.53 bits per heavy atom. The van der Waals surface area contributed by atoms with E-state index in [1.807, 2.05) is 48.5 Å². The maximum Gasteiger partial charge on any atom is 0.332 e. The van der Waals surface area contributed by atoms with Crippen LogP contribution in [0.5, 0.6) is 5.75 Å². The number of rotatable bonds is 10. The first-order valence-electron chi connectivity index (χ1n) is 13.9. The minimum absolute atomic E-state index is 0.0237. The minimum Gasteiger partial charge on any atom is -0.508 e. The van der Waals surface area contributed by atoms with Gasteiger partial charge in [-0.05, 0) is 34.4 Å².